The number of aromatic nitrogens is 4. The molecule has 9 nitrogen and oxygen atoms in total. The molecule has 1 aromatic heterocycles. The molecule has 2 amide bonds. The van der Waals surface area contributed by atoms with Crippen molar-refractivity contribution < 1.29 is 14.3 Å². The van der Waals surface area contributed by atoms with Crippen LogP contribution >= 0.6 is 11.6 Å². The van der Waals surface area contributed by atoms with Gasteiger partial charge in [-0.1, -0.05) is 11.6 Å². The van der Waals surface area contributed by atoms with Gasteiger partial charge in [0.05, 0.1) is 16.3 Å². The van der Waals surface area contributed by atoms with Gasteiger partial charge in [-0.15, -0.1) is 5.10 Å². The number of ether oxygens (including phenoxy) is 1. The fraction of sp³-hybridized carbons (Fsp3) is 0.167. The Labute approximate surface area is 165 Å². The molecule has 0 bridgehead atoms. The van der Waals surface area contributed by atoms with Crippen molar-refractivity contribution in [2.24, 2.45) is 0 Å². The Kier molecular flexibility index (Phi) is 6.18. The van der Waals surface area contributed by atoms with Gasteiger partial charge in [0, 0.05) is 12.2 Å². The molecule has 0 aliphatic carbocycles. The second-order valence-corrected chi connectivity index (χ2v) is 6.05. The van der Waals surface area contributed by atoms with E-state index in [2.05, 4.69) is 26.2 Å². The summed E-state index contributed by atoms with van der Waals surface area (Å²) in [6, 6.07) is 11.6. The average molecular weight is 401 g/mol. The minimum absolute atomic E-state index is 0.191. The molecule has 144 valence electrons. The lowest BCUT2D eigenvalue weighted by Crippen LogP contribution is -2.24. The first-order chi connectivity index (χ1) is 13.6. The lowest BCUT2D eigenvalue weighted by atomic mass is 10.2. The van der Waals surface area contributed by atoms with Crippen LogP contribution in [-0.4, -0.2) is 45.2 Å². The number of benzene rings is 2. The molecule has 0 unspecified atom stereocenters. The molecule has 0 fully saturated rings. The molecule has 2 aromatic carbocycles. The maximum absolute atomic E-state index is 12.1. The number of carbonyl (C=O) groups is 2. The first-order valence-corrected chi connectivity index (χ1v) is 8.78. The number of halogens is 1. The molecule has 0 saturated carbocycles. The summed E-state index contributed by atoms with van der Waals surface area (Å²) in [5.41, 5.74) is 1.51. The molecule has 0 aliphatic rings. The van der Waals surface area contributed by atoms with Crippen molar-refractivity contribution >= 4 is 29.1 Å². The smallest absolute Gasteiger partial charge is 0.262 e. The van der Waals surface area contributed by atoms with E-state index in [9.17, 15) is 9.59 Å². The summed E-state index contributed by atoms with van der Waals surface area (Å²) in [6.45, 7) is 2.10. The van der Waals surface area contributed by atoms with E-state index in [1.807, 2.05) is 6.92 Å². The third-order valence-corrected chi connectivity index (χ3v) is 3.98. The third kappa shape index (κ3) is 4.83. The zero-order chi connectivity index (χ0) is 19.9. The summed E-state index contributed by atoms with van der Waals surface area (Å²) in [6.07, 6.45) is 1.48. The van der Waals surface area contributed by atoms with E-state index >= 15 is 0 Å². The minimum Gasteiger partial charge on any atom is -0.484 e. The monoisotopic (exact) mass is 400 g/mol. The lowest BCUT2D eigenvalue weighted by Gasteiger charge is -2.10. The van der Waals surface area contributed by atoms with E-state index in [0.29, 0.717) is 28.6 Å². The van der Waals surface area contributed by atoms with Gasteiger partial charge >= 0.3 is 0 Å². The van der Waals surface area contributed by atoms with Gasteiger partial charge in [0.15, 0.2) is 6.61 Å². The topological polar surface area (TPSA) is 111 Å². The van der Waals surface area contributed by atoms with Crippen LogP contribution in [0.3, 0.4) is 0 Å². The van der Waals surface area contributed by atoms with Crippen molar-refractivity contribution in [2.45, 2.75) is 6.92 Å². The van der Waals surface area contributed by atoms with Crippen molar-refractivity contribution in [3.8, 4) is 11.4 Å². The summed E-state index contributed by atoms with van der Waals surface area (Å²) in [5.74, 6) is -0.151. The van der Waals surface area contributed by atoms with Crippen LogP contribution in [-0.2, 0) is 4.79 Å². The van der Waals surface area contributed by atoms with Crippen molar-refractivity contribution in [1.29, 1.82) is 0 Å². The summed E-state index contributed by atoms with van der Waals surface area (Å²) in [7, 11) is 0. The number of hydrogen-bond donors (Lipinski definition) is 2. The number of carbonyl (C=O) groups excluding carboxylic acids is 2. The van der Waals surface area contributed by atoms with Crippen LogP contribution < -0.4 is 15.4 Å². The zero-order valence-electron chi connectivity index (χ0n) is 14.9. The highest BCUT2D eigenvalue weighted by molar-refractivity contribution is 6.34. The number of nitrogens with one attached hydrogen (secondary N) is 2. The van der Waals surface area contributed by atoms with Crippen LogP contribution in [0.15, 0.2) is 48.8 Å². The maximum atomic E-state index is 12.1. The molecule has 2 N–H and O–H groups in total. The molecular weight excluding hydrogens is 384 g/mol. The van der Waals surface area contributed by atoms with Crippen LogP contribution in [0.4, 0.5) is 5.69 Å². The van der Waals surface area contributed by atoms with E-state index < -0.39 is 0 Å². The van der Waals surface area contributed by atoms with E-state index in [0.717, 1.165) is 5.69 Å². The van der Waals surface area contributed by atoms with Gasteiger partial charge in [-0.05, 0) is 59.8 Å². The quantitative estimate of drug-likeness (QED) is 0.628. The minimum atomic E-state index is -0.367. The number of tetrazole rings is 1. The van der Waals surface area contributed by atoms with Crippen molar-refractivity contribution in [3.63, 3.8) is 0 Å². The number of anilines is 1. The first-order valence-electron chi connectivity index (χ1n) is 8.40. The fourth-order valence-electron chi connectivity index (χ4n) is 2.35. The number of rotatable bonds is 7. The summed E-state index contributed by atoms with van der Waals surface area (Å²) < 4.78 is 6.98. The Hall–Kier alpha value is -3.46. The highest BCUT2D eigenvalue weighted by atomic mass is 35.5. The highest BCUT2D eigenvalue weighted by Gasteiger charge is 2.12. The normalized spacial score (nSPS) is 10.4. The van der Waals surface area contributed by atoms with Crippen molar-refractivity contribution in [3.05, 3.63) is 59.4 Å². The highest BCUT2D eigenvalue weighted by Crippen LogP contribution is 2.21. The average Bonchev–Trinajstić information content (AvgIpc) is 3.23. The standard InChI is InChI=1S/C18H17ClN6O3/c1-2-20-18(27)15-9-12(3-8-16(15)19)22-17(26)10-28-14-6-4-13(5-7-14)25-11-21-23-24-25/h3-9,11H,2,10H2,1H3,(H,20,27)(H,22,26). The van der Waals surface area contributed by atoms with E-state index in [-0.39, 0.29) is 18.4 Å². The van der Waals surface area contributed by atoms with Gasteiger partial charge in [-0.3, -0.25) is 9.59 Å². The maximum Gasteiger partial charge on any atom is 0.262 e. The molecule has 3 rings (SSSR count). The van der Waals surface area contributed by atoms with Crippen LogP contribution in [0.1, 0.15) is 17.3 Å². The predicted molar refractivity (Wildman–Crippen MR) is 103 cm³/mol. The summed E-state index contributed by atoms with van der Waals surface area (Å²) >= 11 is 6.04. The van der Waals surface area contributed by atoms with Gasteiger partial charge in [0.2, 0.25) is 0 Å². The molecule has 1 heterocycles. The van der Waals surface area contributed by atoms with Crippen LogP contribution in [0.2, 0.25) is 5.02 Å². The van der Waals surface area contributed by atoms with E-state index in [4.69, 9.17) is 16.3 Å². The van der Waals surface area contributed by atoms with Gasteiger partial charge in [0.25, 0.3) is 11.8 Å². The van der Waals surface area contributed by atoms with E-state index in [1.54, 1.807) is 36.4 Å². The van der Waals surface area contributed by atoms with Crippen molar-refractivity contribution in [2.75, 3.05) is 18.5 Å². The summed E-state index contributed by atoms with van der Waals surface area (Å²) in [4.78, 5) is 24.1. The second kappa shape index (κ2) is 8.96. The largest absolute Gasteiger partial charge is 0.484 e. The van der Waals surface area contributed by atoms with Gasteiger partial charge in [0.1, 0.15) is 12.1 Å². The zero-order valence-corrected chi connectivity index (χ0v) is 15.7. The van der Waals surface area contributed by atoms with Gasteiger partial charge < -0.3 is 15.4 Å². The summed E-state index contributed by atoms with van der Waals surface area (Å²) in [5, 5.41) is 16.6. The van der Waals surface area contributed by atoms with E-state index in [1.165, 1.54) is 17.1 Å². The van der Waals surface area contributed by atoms with Crippen LogP contribution in [0.25, 0.3) is 5.69 Å². The molecule has 3 aromatic rings. The Bertz CT molecular complexity index is 960. The molecule has 0 atom stereocenters. The number of amides is 2. The molecule has 28 heavy (non-hydrogen) atoms. The second-order valence-electron chi connectivity index (χ2n) is 5.64. The number of nitrogens with zero attached hydrogens (tertiary/aromatic N) is 4. The SMILES string of the molecule is CCNC(=O)c1cc(NC(=O)COc2ccc(-n3cnnn3)cc2)ccc1Cl. The molecule has 10 heteroatoms. The Morgan fingerprint density at radius 2 is 1.96 bits per heavy atom. The lowest BCUT2D eigenvalue weighted by molar-refractivity contribution is -0.118. The molecule has 0 aliphatic heterocycles. The van der Waals surface area contributed by atoms with Crippen LogP contribution in [0, 0.1) is 0 Å². The van der Waals surface area contributed by atoms with Crippen molar-refractivity contribution in [1.82, 2.24) is 25.5 Å². The predicted octanol–water partition coefficient (Wildman–Crippen LogP) is 2.08. The number of hydrogen-bond acceptors (Lipinski definition) is 6. The van der Waals surface area contributed by atoms with Crippen LogP contribution in [0.5, 0.6) is 5.75 Å². The molecule has 0 spiro atoms. The first kappa shape index (κ1) is 19.3. The van der Waals surface area contributed by atoms with Gasteiger partial charge in [-0.2, -0.15) is 0 Å². The fourth-order valence-corrected chi connectivity index (χ4v) is 2.56. The Morgan fingerprint density at radius 1 is 1.18 bits per heavy atom. The Balaban J connectivity index is 1.57. The molecular formula is C18H17ClN6O3. The molecule has 0 saturated heterocycles. The molecule has 0 radical (unpaired) electrons. The van der Waals surface area contributed by atoms with Gasteiger partial charge in [-0.25, -0.2) is 4.68 Å². The Morgan fingerprint density at radius 3 is 2.64 bits per heavy atom. The third-order valence-electron chi connectivity index (χ3n) is 3.65.